The zero-order valence-electron chi connectivity index (χ0n) is 58.4. The van der Waals surface area contributed by atoms with Gasteiger partial charge in [-0.05, 0) is 148 Å². The minimum Gasteiger partial charge on any atom is -0.507 e. The molecule has 0 fully saturated rings. The third kappa shape index (κ3) is 10.1. The van der Waals surface area contributed by atoms with E-state index < -0.39 is 90.0 Å². The summed E-state index contributed by atoms with van der Waals surface area (Å²) in [7, 11) is 0. The topological polar surface area (TPSA) is 50.9 Å². The number of nitrogens with zero attached hydrogens (tertiary/aromatic N) is 3. The second kappa shape index (κ2) is 20.9. The Morgan fingerprint density at radius 3 is 1.94 bits per heavy atom. The number of rotatable bonds is 14. The van der Waals surface area contributed by atoms with Crippen LogP contribution in [0.4, 0.5) is 0 Å². The fourth-order valence-corrected chi connectivity index (χ4v) is 9.52. The van der Waals surface area contributed by atoms with Crippen molar-refractivity contribution in [1.82, 2.24) is 14.5 Å². The zero-order chi connectivity index (χ0) is 63.4. The van der Waals surface area contributed by atoms with Crippen molar-refractivity contribution < 1.29 is 46.7 Å². The molecule has 5 heteroatoms. The van der Waals surface area contributed by atoms with Gasteiger partial charge in [-0.1, -0.05) is 179 Å². The van der Waals surface area contributed by atoms with Crippen molar-refractivity contribution in [3.05, 3.63) is 166 Å². The fourth-order valence-electron chi connectivity index (χ4n) is 9.52. The third-order valence-electron chi connectivity index (χ3n) is 14.9. The quantitative estimate of drug-likeness (QED) is 0.110. The molecule has 0 atom stereocenters. The first kappa shape index (κ1) is 36.4. The molecule has 0 amide bonds. The Bertz CT molecular complexity index is 3880. The maximum absolute atomic E-state index is 12.6. The molecule has 1 N–H and O–H groups in total. The molecule has 0 spiro atoms. The van der Waals surface area contributed by atoms with E-state index in [1.54, 1.807) is 80.8 Å². The molecular formula is C66H76N3OPt-. The number of pyridine rings is 1. The van der Waals surface area contributed by atoms with Gasteiger partial charge in [0.05, 0.1) is 31.9 Å². The summed E-state index contributed by atoms with van der Waals surface area (Å²) in [4.78, 5) is 9.80. The van der Waals surface area contributed by atoms with Crippen LogP contribution in [0.1, 0.15) is 187 Å². The number of imidazole rings is 1. The molecule has 0 aliphatic carbocycles. The summed E-state index contributed by atoms with van der Waals surface area (Å²) in [5, 5.41) is 12.6. The second-order valence-electron chi connectivity index (χ2n) is 20.8. The Kier molecular flexibility index (Phi) is 10.7. The van der Waals surface area contributed by atoms with E-state index in [1.807, 2.05) is 32.9 Å². The number of hydrogen-bond acceptors (Lipinski definition) is 3. The predicted molar refractivity (Wildman–Crippen MR) is 299 cm³/mol. The summed E-state index contributed by atoms with van der Waals surface area (Å²) >= 11 is 0. The first-order chi connectivity index (χ1) is 39.2. The van der Waals surface area contributed by atoms with Gasteiger partial charge in [0.2, 0.25) is 0 Å². The Labute approximate surface area is 461 Å². The molecule has 0 saturated carbocycles. The van der Waals surface area contributed by atoms with Crippen LogP contribution in [-0.2, 0) is 37.3 Å². The van der Waals surface area contributed by atoms with Gasteiger partial charge in [-0.15, -0.1) is 29.3 Å². The van der Waals surface area contributed by atoms with Crippen LogP contribution in [0.5, 0.6) is 5.75 Å². The number of aromatic hydroxyl groups is 1. The third-order valence-corrected chi connectivity index (χ3v) is 14.9. The van der Waals surface area contributed by atoms with E-state index in [2.05, 4.69) is 70.8 Å². The molecule has 0 bridgehead atoms. The maximum atomic E-state index is 12.6. The second-order valence-corrected chi connectivity index (χ2v) is 20.8. The zero-order valence-corrected chi connectivity index (χ0v) is 45.7. The van der Waals surface area contributed by atoms with Crippen molar-refractivity contribution in [2.45, 2.75) is 157 Å². The average Bonchev–Trinajstić information content (AvgIpc) is 1.34. The summed E-state index contributed by atoms with van der Waals surface area (Å²) < 4.78 is 135. The monoisotopic (exact) mass is 1140 g/mol. The van der Waals surface area contributed by atoms with Crippen LogP contribution in [0.15, 0.2) is 121 Å². The SMILES string of the molecule is [2H]c1nc(-c2[c-]c(-c3cccc4c3nc(-c3cc(C([2H])(C)C)cc(C([2H])(C)C)c3O)n4-c3ccc(-c4c(C(C)(CC)CC)cccc4C(C)(CC)CC)cc3C([2H])([2H])[2H])cc(C(C)(C)C)c2)c([2H])c(-c2c([2H])c([2H])c(C([2H])([2H])[2H])c([2H])c2[2H])c1[2H].[Pt]. The number of para-hydroxylation sites is 1. The van der Waals surface area contributed by atoms with Gasteiger partial charge in [-0.3, -0.25) is 9.55 Å². The van der Waals surface area contributed by atoms with Crippen LogP contribution in [0.2, 0.25) is 0 Å². The molecule has 0 unspecified atom stereocenters. The number of phenols is 1. The number of phenolic OH excluding ortho intramolecular Hbond substituents is 1. The van der Waals surface area contributed by atoms with Gasteiger partial charge in [0.1, 0.15) is 11.6 Å². The Balaban J connectivity index is 0.0000106. The Morgan fingerprint density at radius 2 is 1.35 bits per heavy atom. The molecule has 0 saturated heterocycles. The van der Waals surface area contributed by atoms with Crippen LogP contribution in [0.25, 0.3) is 72.7 Å². The fraction of sp³-hybridized carbons (Fsp3) is 0.364. The van der Waals surface area contributed by atoms with Gasteiger partial charge in [-0.25, -0.2) is 4.98 Å². The number of hydrogen-bond donors (Lipinski definition) is 1. The summed E-state index contributed by atoms with van der Waals surface area (Å²) in [6.45, 7) is 20.1. The van der Waals surface area contributed by atoms with Gasteiger partial charge < -0.3 is 5.11 Å². The minimum absolute atomic E-state index is 0. The number of fused-ring (bicyclic) bond motifs is 1. The van der Waals surface area contributed by atoms with Crippen LogP contribution in [-0.4, -0.2) is 19.6 Å². The molecule has 4 nitrogen and oxygen atoms in total. The molecule has 372 valence electrons. The van der Waals surface area contributed by atoms with Gasteiger partial charge >= 0.3 is 0 Å². The number of aromatic nitrogens is 3. The standard InChI is InChI=1S/C66H76N3O.Pt/c1-16-65(14,17-2)55-23-21-24-56(66(15,18-3)19-4)60(55)47-30-31-58(44(10)34-47)69-59-25-20-22-52(61(59)68-63(69)54-39-48(41(5)6)38-53(42(7)8)62(54)70)49-35-50(37-51(36-49)64(11,12)13)57-40-46(32-33-67-57)45-28-26-43(9)27-29-45;/h20-34,36-42,70H,16-19H2,1-15H3;/q-1;/i9D3,10D3,26D,27D,28D,29D,32D,33D,40D,41D,42D;. The molecule has 8 rings (SSSR count). The first-order valence-electron chi connectivity index (χ1n) is 32.1. The summed E-state index contributed by atoms with van der Waals surface area (Å²) in [6.07, 6.45) is 2.71. The van der Waals surface area contributed by atoms with E-state index in [0.717, 1.165) is 47.9 Å². The molecule has 0 aliphatic heterocycles. The van der Waals surface area contributed by atoms with Gasteiger partial charge in [-0.2, -0.15) is 0 Å². The van der Waals surface area contributed by atoms with E-state index >= 15 is 0 Å². The average molecular weight is 1140 g/mol. The van der Waals surface area contributed by atoms with Gasteiger partial charge in [0.15, 0.2) is 0 Å². The molecule has 0 radical (unpaired) electrons. The maximum Gasteiger partial charge on any atom is 0.148 e. The summed E-state index contributed by atoms with van der Waals surface area (Å²) in [5.41, 5.74) is 4.40. The molecular weight excluding hydrogens is 1050 g/mol. The van der Waals surface area contributed by atoms with Crippen molar-refractivity contribution in [2.75, 3.05) is 0 Å². The van der Waals surface area contributed by atoms with Crippen LogP contribution in [0.3, 0.4) is 0 Å². The summed E-state index contributed by atoms with van der Waals surface area (Å²) in [6, 6.07) is 23.2. The Hall–Kier alpha value is -5.57. The molecule has 71 heavy (non-hydrogen) atoms. The van der Waals surface area contributed by atoms with Crippen molar-refractivity contribution in [2.24, 2.45) is 0 Å². The normalized spacial score (nSPS) is 16.0. The first-order valence-corrected chi connectivity index (χ1v) is 24.6. The molecule has 0 aliphatic rings. The van der Waals surface area contributed by atoms with E-state index in [4.69, 9.17) is 17.3 Å². The van der Waals surface area contributed by atoms with Gasteiger partial charge in [0.25, 0.3) is 0 Å². The van der Waals surface area contributed by atoms with E-state index in [1.165, 1.54) is 0 Å². The van der Waals surface area contributed by atoms with Crippen LogP contribution in [0, 0.1) is 19.8 Å². The number of aryl methyl sites for hydroxylation is 1. The van der Waals surface area contributed by atoms with Crippen molar-refractivity contribution in [3.8, 4) is 67.5 Å². The Morgan fingerprint density at radius 1 is 0.704 bits per heavy atom. The van der Waals surface area contributed by atoms with Crippen molar-refractivity contribution in [1.29, 1.82) is 0 Å². The van der Waals surface area contributed by atoms with E-state index in [0.29, 0.717) is 33.3 Å². The minimum atomic E-state index is -3.02. The van der Waals surface area contributed by atoms with Gasteiger partial charge in [0, 0.05) is 43.9 Å². The van der Waals surface area contributed by atoms with E-state index in [9.17, 15) is 13.3 Å². The number of benzene rings is 6. The molecule has 2 aromatic heterocycles. The molecule has 2 heterocycles. The van der Waals surface area contributed by atoms with Crippen molar-refractivity contribution >= 4 is 11.0 Å². The smallest absolute Gasteiger partial charge is 0.148 e. The summed E-state index contributed by atoms with van der Waals surface area (Å²) in [5.74, 6) is -2.78. The van der Waals surface area contributed by atoms with Crippen LogP contribution >= 0.6 is 0 Å². The van der Waals surface area contributed by atoms with Crippen LogP contribution < -0.4 is 0 Å². The van der Waals surface area contributed by atoms with E-state index in [-0.39, 0.29) is 77.1 Å². The largest absolute Gasteiger partial charge is 0.507 e. The molecule has 8 aromatic rings. The van der Waals surface area contributed by atoms with Crippen molar-refractivity contribution in [3.63, 3.8) is 0 Å². The molecule has 6 aromatic carbocycles. The predicted octanol–water partition coefficient (Wildman–Crippen LogP) is 18.6.